The van der Waals surface area contributed by atoms with E-state index < -0.39 is 15.4 Å². The van der Waals surface area contributed by atoms with Gasteiger partial charge in [0.05, 0.1) is 23.7 Å². The van der Waals surface area contributed by atoms with E-state index in [0.29, 0.717) is 22.8 Å². The van der Waals surface area contributed by atoms with Gasteiger partial charge in [-0.3, -0.25) is 14.2 Å². The summed E-state index contributed by atoms with van der Waals surface area (Å²) < 4.78 is 26.1. The molecule has 146 valence electrons. The van der Waals surface area contributed by atoms with Crippen LogP contribution in [0.5, 0.6) is 0 Å². The molecule has 1 aliphatic rings. The van der Waals surface area contributed by atoms with Crippen molar-refractivity contribution < 1.29 is 13.2 Å². The summed E-state index contributed by atoms with van der Waals surface area (Å²) in [6.45, 7) is -0.215. The van der Waals surface area contributed by atoms with Crippen LogP contribution in [-0.2, 0) is 21.2 Å². The maximum atomic E-state index is 12.7. The van der Waals surface area contributed by atoms with Crippen molar-refractivity contribution in [3.63, 3.8) is 0 Å². The highest BCUT2D eigenvalue weighted by atomic mass is 35.5. The number of nitrogens with one attached hydrogen (secondary N) is 1. The van der Waals surface area contributed by atoms with Gasteiger partial charge in [-0.15, -0.1) is 0 Å². The van der Waals surface area contributed by atoms with Crippen molar-refractivity contribution in [2.45, 2.75) is 19.0 Å². The molecule has 1 aliphatic heterocycles. The van der Waals surface area contributed by atoms with E-state index in [-0.39, 0.29) is 35.4 Å². The molecule has 9 nitrogen and oxygen atoms in total. The summed E-state index contributed by atoms with van der Waals surface area (Å²) in [5, 5.41) is 7.64. The van der Waals surface area contributed by atoms with Crippen molar-refractivity contribution in [1.29, 1.82) is 0 Å². The second-order valence-corrected chi connectivity index (χ2v) is 9.28. The monoisotopic (exact) mass is 421 g/mol. The van der Waals surface area contributed by atoms with E-state index in [4.69, 9.17) is 11.6 Å². The van der Waals surface area contributed by atoms with Crippen LogP contribution < -0.4 is 10.9 Å². The first kappa shape index (κ1) is 18.6. The van der Waals surface area contributed by atoms with E-state index in [2.05, 4.69) is 15.4 Å². The molecule has 1 amide bonds. The fraction of sp³-hybridized carbons (Fsp3) is 0.294. The predicted octanol–water partition coefficient (Wildman–Crippen LogP) is 1.24. The number of anilines is 1. The molecular weight excluding hydrogens is 406 g/mol. The minimum atomic E-state index is -3.09. The molecular formula is C17H16ClN5O4S. The number of aromatic nitrogens is 4. The Hall–Kier alpha value is -2.72. The Morgan fingerprint density at radius 2 is 2.04 bits per heavy atom. The molecule has 0 aliphatic carbocycles. The van der Waals surface area contributed by atoms with Crippen LogP contribution in [-0.4, -0.2) is 45.2 Å². The molecule has 28 heavy (non-hydrogen) atoms. The largest absolute Gasteiger partial charge is 0.325 e. The van der Waals surface area contributed by atoms with Crippen molar-refractivity contribution in [3.8, 4) is 0 Å². The number of carbonyl (C=O) groups is 1. The van der Waals surface area contributed by atoms with E-state index in [1.54, 1.807) is 24.3 Å². The van der Waals surface area contributed by atoms with Gasteiger partial charge in [0.2, 0.25) is 5.91 Å². The summed E-state index contributed by atoms with van der Waals surface area (Å²) in [6, 6.07) is 6.27. The van der Waals surface area contributed by atoms with E-state index in [1.807, 2.05) is 0 Å². The molecule has 2 aromatic heterocycles. The van der Waals surface area contributed by atoms with Crippen LogP contribution in [0.3, 0.4) is 0 Å². The van der Waals surface area contributed by atoms with Crippen molar-refractivity contribution >= 4 is 44.1 Å². The fourth-order valence-corrected chi connectivity index (χ4v) is 5.02. The fourth-order valence-electron chi connectivity index (χ4n) is 3.20. The molecule has 0 saturated carbocycles. The Balaban J connectivity index is 1.56. The third-order valence-corrected chi connectivity index (χ3v) is 6.58. The number of hydrogen-bond donors (Lipinski definition) is 1. The zero-order valence-corrected chi connectivity index (χ0v) is 16.2. The van der Waals surface area contributed by atoms with Crippen molar-refractivity contribution in [3.05, 3.63) is 52.2 Å². The van der Waals surface area contributed by atoms with Gasteiger partial charge in [0.15, 0.2) is 15.5 Å². The Bertz CT molecular complexity index is 1220. The van der Waals surface area contributed by atoms with Crippen LogP contribution in [0.1, 0.15) is 12.5 Å². The highest BCUT2D eigenvalue weighted by Crippen LogP contribution is 2.25. The third kappa shape index (κ3) is 3.65. The molecule has 0 spiro atoms. The molecule has 1 N–H and O–H groups in total. The summed E-state index contributed by atoms with van der Waals surface area (Å²) in [7, 11) is -3.09. The average molecular weight is 422 g/mol. The molecule has 4 rings (SSSR count). The SMILES string of the molecule is O=C(Cn1cnc2c(cnn2C2CCS(=O)(=O)C2)c1=O)Nc1ccc(Cl)cc1. The van der Waals surface area contributed by atoms with Gasteiger partial charge in [-0.1, -0.05) is 11.6 Å². The van der Waals surface area contributed by atoms with E-state index >= 15 is 0 Å². The van der Waals surface area contributed by atoms with Crippen molar-refractivity contribution in [2.75, 3.05) is 16.8 Å². The number of halogens is 1. The Morgan fingerprint density at radius 1 is 1.29 bits per heavy atom. The number of rotatable bonds is 4. The quantitative estimate of drug-likeness (QED) is 0.677. The second-order valence-electron chi connectivity index (χ2n) is 6.62. The molecule has 1 unspecified atom stereocenters. The highest BCUT2D eigenvalue weighted by Gasteiger charge is 2.31. The minimum absolute atomic E-state index is 0.0158. The van der Waals surface area contributed by atoms with Crippen molar-refractivity contribution in [1.82, 2.24) is 19.3 Å². The molecule has 0 bridgehead atoms. The lowest BCUT2D eigenvalue weighted by atomic mass is 10.3. The average Bonchev–Trinajstić information content (AvgIpc) is 3.22. The molecule has 0 radical (unpaired) electrons. The first-order valence-electron chi connectivity index (χ1n) is 8.51. The summed E-state index contributed by atoms with van der Waals surface area (Å²) in [5.74, 6) is -0.307. The smallest absolute Gasteiger partial charge is 0.264 e. The summed E-state index contributed by atoms with van der Waals surface area (Å²) in [4.78, 5) is 29.1. The minimum Gasteiger partial charge on any atom is -0.325 e. The number of sulfone groups is 1. The lowest BCUT2D eigenvalue weighted by Crippen LogP contribution is -2.28. The van der Waals surface area contributed by atoms with Gasteiger partial charge in [-0.25, -0.2) is 18.1 Å². The van der Waals surface area contributed by atoms with Gasteiger partial charge in [-0.05, 0) is 30.7 Å². The molecule has 1 fully saturated rings. The number of amides is 1. The molecule has 1 aromatic carbocycles. The highest BCUT2D eigenvalue weighted by molar-refractivity contribution is 7.91. The number of hydrogen-bond acceptors (Lipinski definition) is 6. The molecule has 3 aromatic rings. The van der Waals surface area contributed by atoms with Crippen LogP contribution in [0, 0.1) is 0 Å². The molecule has 1 saturated heterocycles. The van der Waals surface area contributed by atoms with E-state index in [9.17, 15) is 18.0 Å². The van der Waals surface area contributed by atoms with E-state index in [0.717, 1.165) is 0 Å². The zero-order chi connectivity index (χ0) is 19.9. The normalized spacial score (nSPS) is 18.4. The van der Waals surface area contributed by atoms with Crippen LogP contribution in [0.15, 0.2) is 41.6 Å². The van der Waals surface area contributed by atoms with Gasteiger partial charge in [-0.2, -0.15) is 5.10 Å². The molecule has 3 heterocycles. The predicted molar refractivity (Wildman–Crippen MR) is 104 cm³/mol. The first-order valence-corrected chi connectivity index (χ1v) is 10.7. The number of benzene rings is 1. The Kier molecular flexibility index (Phi) is 4.68. The van der Waals surface area contributed by atoms with Crippen molar-refractivity contribution in [2.24, 2.45) is 0 Å². The number of fused-ring (bicyclic) bond motifs is 1. The summed E-state index contributed by atoms with van der Waals surface area (Å²) >= 11 is 5.81. The van der Waals surface area contributed by atoms with Crippen LogP contribution >= 0.6 is 11.6 Å². The van der Waals surface area contributed by atoms with Gasteiger partial charge >= 0.3 is 0 Å². The Labute approximate surface area is 164 Å². The number of nitrogens with zero attached hydrogens (tertiary/aromatic N) is 4. The summed E-state index contributed by atoms with van der Waals surface area (Å²) in [5.41, 5.74) is 0.469. The maximum Gasteiger partial charge on any atom is 0.264 e. The lowest BCUT2D eigenvalue weighted by molar-refractivity contribution is -0.116. The topological polar surface area (TPSA) is 116 Å². The number of carbonyl (C=O) groups excluding carboxylic acids is 1. The van der Waals surface area contributed by atoms with Gasteiger partial charge < -0.3 is 5.32 Å². The van der Waals surface area contributed by atoms with Crippen LogP contribution in [0.25, 0.3) is 11.0 Å². The van der Waals surface area contributed by atoms with Crippen LogP contribution in [0.2, 0.25) is 5.02 Å². The standard InChI is InChI=1S/C17H16ClN5O4S/c18-11-1-3-12(4-2-11)21-15(24)8-22-10-19-16-14(17(22)25)7-20-23(16)13-5-6-28(26,27)9-13/h1-4,7,10,13H,5-6,8-9H2,(H,21,24). The van der Waals surface area contributed by atoms with Crippen LogP contribution in [0.4, 0.5) is 5.69 Å². The molecule has 11 heteroatoms. The van der Waals surface area contributed by atoms with Gasteiger partial charge in [0.25, 0.3) is 5.56 Å². The van der Waals surface area contributed by atoms with Gasteiger partial charge in [0, 0.05) is 10.7 Å². The lowest BCUT2D eigenvalue weighted by Gasteiger charge is -2.10. The zero-order valence-electron chi connectivity index (χ0n) is 14.6. The van der Waals surface area contributed by atoms with E-state index in [1.165, 1.54) is 21.8 Å². The third-order valence-electron chi connectivity index (χ3n) is 4.58. The summed E-state index contributed by atoms with van der Waals surface area (Å²) in [6.07, 6.45) is 3.07. The van der Waals surface area contributed by atoms with Gasteiger partial charge in [0.1, 0.15) is 18.3 Å². The Morgan fingerprint density at radius 3 is 2.71 bits per heavy atom. The second kappa shape index (κ2) is 7.02. The first-order chi connectivity index (χ1) is 13.3. The molecule has 1 atom stereocenters. The maximum absolute atomic E-state index is 12.7.